The van der Waals surface area contributed by atoms with Crippen LogP contribution in [-0.2, 0) is 19.4 Å². The van der Waals surface area contributed by atoms with Gasteiger partial charge in [-0.05, 0) is 36.3 Å². The highest BCUT2D eigenvalue weighted by Gasteiger charge is 2.61. The first-order valence-corrected chi connectivity index (χ1v) is 9.99. The molecule has 1 aromatic carbocycles. The fourth-order valence-corrected chi connectivity index (χ4v) is 5.85. The maximum Gasteiger partial charge on any atom is 0.312 e. The Morgan fingerprint density at radius 1 is 1.17 bits per heavy atom. The Hall–Kier alpha value is -1.89. The van der Waals surface area contributed by atoms with E-state index in [4.69, 9.17) is 0 Å². The minimum absolute atomic E-state index is 0.0505. The summed E-state index contributed by atoms with van der Waals surface area (Å²) in [6.45, 7) is 0.165. The molecule has 1 N–H and O–H groups in total. The maximum absolute atomic E-state index is 13.0. The van der Waals surface area contributed by atoms with Crippen LogP contribution in [-0.4, -0.2) is 43.5 Å². The summed E-state index contributed by atoms with van der Waals surface area (Å²) in [5.74, 6) is -1.52. The first kappa shape index (κ1) is 15.6. The molecule has 6 nitrogen and oxygen atoms in total. The second-order valence-electron chi connectivity index (χ2n) is 7.17. The molecular weight excluding hydrogens is 330 g/mol. The SMILES string of the molecule is O=C(O)C1CN(C(=O)C2CC23CCS(=O)(=O)CC3)c2ccccc21. The summed E-state index contributed by atoms with van der Waals surface area (Å²) in [6.07, 6.45) is 1.81. The minimum Gasteiger partial charge on any atom is -0.481 e. The third kappa shape index (κ3) is 2.33. The zero-order valence-corrected chi connectivity index (χ0v) is 14.0. The number of carboxylic acid groups (broad SMARTS) is 1. The molecule has 2 unspecified atom stereocenters. The van der Waals surface area contributed by atoms with Gasteiger partial charge in [0.15, 0.2) is 0 Å². The van der Waals surface area contributed by atoms with Crippen molar-refractivity contribution in [2.75, 3.05) is 23.0 Å². The second-order valence-corrected chi connectivity index (χ2v) is 9.47. The topological polar surface area (TPSA) is 91.8 Å². The molecule has 2 atom stereocenters. The van der Waals surface area contributed by atoms with Crippen LogP contribution in [0, 0.1) is 11.3 Å². The van der Waals surface area contributed by atoms with Crippen molar-refractivity contribution in [1.82, 2.24) is 0 Å². The molecule has 7 heteroatoms. The van der Waals surface area contributed by atoms with Crippen LogP contribution in [0.4, 0.5) is 5.69 Å². The number of nitrogens with zero attached hydrogens (tertiary/aromatic N) is 1. The number of fused-ring (bicyclic) bond motifs is 1. The lowest BCUT2D eigenvalue weighted by Crippen LogP contribution is -2.35. The van der Waals surface area contributed by atoms with Crippen LogP contribution in [0.5, 0.6) is 0 Å². The highest BCUT2D eigenvalue weighted by molar-refractivity contribution is 7.91. The number of para-hydroxylation sites is 1. The molecule has 1 amide bonds. The summed E-state index contributed by atoms with van der Waals surface area (Å²) >= 11 is 0. The molecule has 24 heavy (non-hydrogen) atoms. The van der Waals surface area contributed by atoms with Gasteiger partial charge in [0.2, 0.25) is 5.91 Å². The van der Waals surface area contributed by atoms with E-state index in [2.05, 4.69) is 0 Å². The van der Waals surface area contributed by atoms with Crippen LogP contribution in [0.1, 0.15) is 30.7 Å². The number of sulfone groups is 1. The molecule has 2 heterocycles. The summed E-state index contributed by atoms with van der Waals surface area (Å²) in [6, 6.07) is 7.14. The van der Waals surface area contributed by atoms with Gasteiger partial charge in [-0.25, -0.2) is 8.42 Å². The van der Waals surface area contributed by atoms with Gasteiger partial charge in [0.05, 0.1) is 11.5 Å². The number of anilines is 1. The van der Waals surface area contributed by atoms with E-state index in [1.165, 1.54) is 0 Å². The van der Waals surface area contributed by atoms with Crippen molar-refractivity contribution >= 4 is 27.4 Å². The van der Waals surface area contributed by atoms with Gasteiger partial charge in [-0.3, -0.25) is 9.59 Å². The molecule has 3 aliphatic rings. The molecule has 1 saturated carbocycles. The first-order valence-electron chi connectivity index (χ1n) is 8.17. The molecule has 0 bridgehead atoms. The van der Waals surface area contributed by atoms with E-state index in [1.54, 1.807) is 29.2 Å². The summed E-state index contributed by atoms with van der Waals surface area (Å²) < 4.78 is 23.2. The molecule has 1 aromatic rings. The van der Waals surface area contributed by atoms with E-state index in [1.807, 2.05) is 0 Å². The minimum atomic E-state index is -2.95. The summed E-state index contributed by atoms with van der Waals surface area (Å²) in [5.41, 5.74) is 1.18. The predicted molar refractivity (Wildman–Crippen MR) is 87.6 cm³/mol. The highest BCUT2D eigenvalue weighted by atomic mass is 32.2. The standard InChI is InChI=1S/C17H19NO5S/c19-15(13-9-17(13)5-7-24(22,23)8-6-17)18-10-12(16(20)21)11-3-1-2-4-14(11)18/h1-4,12-13H,5-10H2,(H,20,21). The number of carboxylic acids is 1. The number of carbonyl (C=O) groups excluding carboxylic acids is 1. The van der Waals surface area contributed by atoms with Crippen molar-refractivity contribution in [2.45, 2.75) is 25.2 Å². The molecule has 1 aliphatic carbocycles. The van der Waals surface area contributed by atoms with Crippen LogP contribution >= 0.6 is 0 Å². The van der Waals surface area contributed by atoms with E-state index in [9.17, 15) is 23.1 Å². The maximum atomic E-state index is 13.0. The van der Waals surface area contributed by atoms with Crippen molar-refractivity contribution in [2.24, 2.45) is 11.3 Å². The van der Waals surface area contributed by atoms with Crippen molar-refractivity contribution in [3.8, 4) is 0 Å². The highest BCUT2D eigenvalue weighted by Crippen LogP contribution is 2.61. The molecule has 4 rings (SSSR count). The van der Waals surface area contributed by atoms with E-state index in [-0.39, 0.29) is 35.3 Å². The van der Waals surface area contributed by atoms with Gasteiger partial charge >= 0.3 is 5.97 Å². The van der Waals surface area contributed by atoms with Crippen LogP contribution < -0.4 is 4.90 Å². The van der Waals surface area contributed by atoms with Gasteiger partial charge < -0.3 is 10.0 Å². The number of benzene rings is 1. The molecule has 2 fully saturated rings. The van der Waals surface area contributed by atoms with Gasteiger partial charge in [0, 0.05) is 18.2 Å². The zero-order chi connectivity index (χ0) is 17.1. The fourth-order valence-electron chi connectivity index (χ4n) is 4.21. The second kappa shape index (κ2) is 5.05. The van der Waals surface area contributed by atoms with E-state index < -0.39 is 21.7 Å². The molecule has 128 valence electrons. The molecule has 2 aliphatic heterocycles. The van der Waals surface area contributed by atoms with Crippen molar-refractivity contribution in [1.29, 1.82) is 0 Å². The Balaban J connectivity index is 1.56. The lowest BCUT2D eigenvalue weighted by atomic mass is 9.96. The molecule has 1 spiro atoms. The Bertz CT molecular complexity index is 817. The van der Waals surface area contributed by atoms with Gasteiger partial charge in [-0.15, -0.1) is 0 Å². The smallest absolute Gasteiger partial charge is 0.312 e. The summed E-state index contributed by atoms with van der Waals surface area (Å²) in [7, 11) is -2.95. The van der Waals surface area contributed by atoms with Gasteiger partial charge in [0.25, 0.3) is 0 Å². The Kier molecular flexibility index (Phi) is 3.29. The summed E-state index contributed by atoms with van der Waals surface area (Å²) in [5, 5.41) is 9.41. The number of carbonyl (C=O) groups is 2. The van der Waals surface area contributed by atoms with Crippen molar-refractivity contribution in [3.05, 3.63) is 29.8 Å². The van der Waals surface area contributed by atoms with Gasteiger partial charge in [0.1, 0.15) is 15.8 Å². The Morgan fingerprint density at radius 3 is 2.50 bits per heavy atom. The number of hydrogen-bond acceptors (Lipinski definition) is 4. The van der Waals surface area contributed by atoms with Crippen LogP contribution in [0.25, 0.3) is 0 Å². The fraction of sp³-hybridized carbons (Fsp3) is 0.529. The van der Waals surface area contributed by atoms with Crippen LogP contribution in [0.2, 0.25) is 0 Å². The monoisotopic (exact) mass is 349 g/mol. The Labute approximate surface area is 140 Å². The largest absolute Gasteiger partial charge is 0.481 e. The average Bonchev–Trinajstić information content (AvgIpc) is 3.12. The molecule has 1 saturated heterocycles. The van der Waals surface area contributed by atoms with E-state index >= 15 is 0 Å². The summed E-state index contributed by atoms with van der Waals surface area (Å²) in [4.78, 5) is 26.0. The zero-order valence-electron chi connectivity index (χ0n) is 13.1. The first-order chi connectivity index (χ1) is 11.3. The molecular formula is C17H19NO5S. The normalized spacial score (nSPS) is 29.2. The Morgan fingerprint density at radius 2 is 1.83 bits per heavy atom. The third-order valence-electron chi connectivity index (χ3n) is 5.84. The van der Waals surface area contributed by atoms with E-state index in [0.717, 1.165) is 6.42 Å². The molecule has 0 radical (unpaired) electrons. The predicted octanol–water partition coefficient (Wildman–Crippen LogP) is 1.42. The van der Waals surface area contributed by atoms with Gasteiger partial charge in [-0.1, -0.05) is 18.2 Å². The van der Waals surface area contributed by atoms with Crippen LogP contribution in [0.3, 0.4) is 0 Å². The van der Waals surface area contributed by atoms with Crippen LogP contribution in [0.15, 0.2) is 24.3 Å². The average molecular weight is 349 g/mol. The molecule has 0 aromatic heterocycles. The number of amides is 1. The lowest BCUT2D eigenvalue weighted by molar-refractivity contribution is -0.138. The lowest BCUT2D eigenvalue weighted by Gasteiger charge is -2.24. The quantitative estimate of drug-likeness (QED) is 0.872. The number of rotatable bonds is 2. The number of aliphatic carboxylic acids is 1. The van der Waals surface area contributed by atoms with Crippen molar-refractivity contribution < 1.29 is 23.1 Å². The third-order valence-corrected chi connectivity index (χ3v) is 7.49. The van der Waals surface area contributed by atoms with Gasteiger partial charge in [-0.2, -0.15) is 0 Å². The van der Waals surface area contributed by atoms with E-state index in [0.29, 0.717) is 24.1 Å². The van der Waals surface area contributed by atoms with Crippen molar-refractivity contribution in [3.63, 3.8) is 0 Å². The number of hydrogen-bond donors (Lipinski definition) is 1.